The van der Waals surface area contributed by atoms with Gasteiger partial charge >= 0.3 is 6.18 Å². The Morgan fingerprint density at radius 1 is 1.23 bits per heavy atom. The standard InChI is InChI=1S/C8H12F3IO/c9-8(10,11)6-7(12)4-2-1-3-5-13/h6,13H,1-5H2. The van der Waals surface area contributed by atoms with Crippen molar-refractivity contribution < 1.29 is 18.3 Å². The Kier molecular flexibility index (Phi) is 6.75. The van der Waals surface area contributed by atoms with Crippen LogP contribution >= 0.6 is 22.6 Å². The first-order valence-corrected chi connectivity index (χ1v) is 5.08. The minimum absolute atomic E-state index is 0.111. The normalized spacial score (nSPS) is 13.5. The van der Waals surface area contributed by atoms with E-state index in [4.69, 9.17) is 5.11 Å². The van der Waals surface area contributed by atoms with E-state index in [1.165, 1.54) is 0 Å². The van der Waals surface area contributed by atoms with Crippen LogP contribution in [0.5, 0.6) is 0 Å². The summed E-state index contributed by atoms with van der Waals surface area (Å²) in [6.07, 6.45) is -1.30. The highest BCUT2D eigenvalue weighted by molar-refractivity contribution is 14.1. The molecule has 0 radical (unpaired) electrons. The highest BCUT2D eigenvalue weighted by atomic mass is 127. The van der Waals surface area contributed by atoms with Gasteiger partial charge in [0.2, 0.25) is 0 Å². The van der Waals surface area contributed by atoms with Crippen molar-refractivity contribution >= 4 is 22.6 Å². The molecule has 0 heterocycles. The number of allylic oxidation sites excluding steroid dienone is 2. The molecule has 0 aliphatic heterocycles. The van der Waals surface area contributed by atoms with Gasteiger partial charge in [-0.1, -0.05) is 6.42 Å². The first-order chi connectivity index (χ1) is 5.95. The molecule has 0 bridgehead atoms. The molecule has 0 aliphatic carbocycles. The summed E-state index contributed by atoms with van der Waals surface area (Å²) in [7, 11) is 0. The zero-order valence-corrected chi connectivity index (χ0v) is 9.23. The number of hydrogen-bond donors (Lipinski definition) is 1. The van der Waals surface area contributed by atoms with Crippen LogP contribution in [0.2, 0.25) is 0 Å². The van der Waals surface area contributed by atoms with Gasteiger partial charge in [-0.3, -0.25) is 0 Å². The first-order valence-electron chi connectivity index (χ1n) is 4.00. The first kappa shape index (κ1) is 13.2. The summed E-state index contributed by atoms with van der Waals surface area (Å²) in [6.45, 7) is 0.111. The monoisotopic (exact) mass is 308 g/mol. The summed E-state index contributed by atoms with van der Waals surface area (Å²) in [4.78, 5) is 0. The molecule has 0 aromatic carbocycles. The quantitative estimate of drug-likeness (QED) is 0.609. The van der Waals surface area contributed by atoms with Crippen LogP contribution in [0.1, 0.15) is 25.7 Å². The van der Waals surface area contributed by atoms with Gasteiger partial charge in [0.15, 0.2) is 0 Å². The van der Waals surface area contributed by atoms with E-state index in [0.29, 0.717) is 28.9 Å². The maximum absolute atomic E-state index is 11.8. The summed E-state index contributed by atoms with van der Waals surface area (Å²) in [5.41, 5.74) is 0. The van der Waals surface area contributed by atoms with Gasteiger partial charge in [-0.15, -0.1) is 0 Å². The average molecular weight is 308 g/mol. The van der Waals surface area contributed by atoms with Crippen LogP contribution in [0.4, 0.5) is 13.2 Å². The predicted octanol–water partition coefficient (Wildman–Crippen LogP) is 3.42. The predicted molar refractivity (Wildman–Crippen MR) is 53.7 cm³/mol. The molecule has 0 atom stereocenters. The fourth-order valence-electron chi connectivity index (χ4n) is 0.832. The molecule has 1 nitrogen and oxygen atoms in total. The largest absolute Gasteiger partial charge is 0.410 e. The third-order valence-corrected chi connectivity index (χ3v) is 2.24. The molecule has 0 aromatic rings. The smallest absolute Gasteiger partial charge is 0.396 e. The molecular weight excluding hydrogens is 296 g/mol. The van der Waals surface area contributed by atoms with Crippen molar-refractivity contribution in [1.29, 1.82) is 0 Å². The zero-order chi connectivity index (χ0) is 10.3. The van der Waals surface area contributed by atoms with E-state index in [0.717, 1.165) is 6.42 Å². The Bertz CT molecular complexity index is 165. The van der Waals surface area contributed by atoms with Crippen molar-refractivity contribution in [3.8, 4) is 0 Å². The highest BCUT2D eigenvalue weighted by Gasteiger charge is 2.23. The van der Waals surface area contributed by atoms with Crippen LogP contribution in [-0.2, 0) is 0 Å². The third-order valence-electron chi connectivity index (χ3n) is 1.39. The fourth-order valence-corrected chi connectivity index (χ4v) is 1.57. The molecule has 5 heteroatoms. The number of hydrogen-bond acceptors (Lipinski definition) is 1. The van der Waals surface area contributed by atoms with Crippen LogP contribution in [0.15, 0.2) is 9.66 Å². The number of aliphatic hydroxyl groups excluding tert-OH is 1. The number of aliphatic hydroxyl groups is 1. The van der Waals surface area contributed by atoms with E-state index >= 15 is 0 Å². The fraction of sp³-hybridized carbons (Fsp3) is 0.750. The van der Waals surface area contributed by atoms with E-state index in [-0.39, 0.29) is 6.61 Å². The Morgan fingerprint density at radius 3 is 2.31 bits per heavy atom. The lowest BCUT2D eigenvalue weighted by Gasteiger charge is -2.02. The van der Waals surface area contributed by atoms with Crippen LogP contribution in [0, 0.1) is 0 Å². The molecular formula is C8H12F3IO. The minimum atomic E-state index is -4.20. The van der Waals surface area contributed by atoms with E-state index in [9.17, 15) is 13.2 Å². The lowest BCUT2D eigenvalue weighted by Crippen LogP contribution is -2.01. The maximum atomic E-state index is 11.8. The highest BCUT2D eigenvalue weighted by Crippen LogP contribution is 2.24. The summed E-state index contributed by atoms with van der Waals surface area (Å²) in [6, 6.07) is 0. The van der Waals surface area contributed by atoms with Gasteiger partial charge in [0, 0.05) is 12.7 Å². The van der Waals surface area contributed by atoms with Crippen molar-refractivity contribution in [1.82, 2.24) is 0 Å². The molecule has 13 heavy (non-hydrogen) atoms. The Labute approximate surface area is 89.2 Å². The molecule has 0 amide bonds. The van der Waals surface area contributed by atoms with Gasteiger partial charge in [0.05, 0.1) is 0 Å². The van der Waals surface area contributed by atoms with Crippen LogP contribution in [-0.4, -0.2) is 17.9 Å². The third kappa shape index (κ3) is 10.1. The molecule has 0 unspecified atom stereocenters. The van der Waals surface area contributed by atoms with Gasteiger partial charge in [-0.05, 0) is 45.4 Å². The molecule has 0 rings (SSSR count). The van der Waals surface area contributed by atoms with E-state index in [2.05, 4.69) is 0 Å². The second kappa shape index (κ2) is 6.64. The van der Waals surface area contributed by atoms with Crippen LogP contribution in [0.25, 0.3) is 0 Å². The lowest BCUT2D eigenvalue weighted by molar-refractivity contribution is -0.0801. The molecule has 0 saturated carbocycles. The number of alkyl halides is 3. The average Bonchev–Trinajstić information content (AvgIpc) is 1.94. The van der Waals surface area contributed by atoms with Gasteiger partial charge in [-0.25, -0.2) is 0 Å². The Morgan fingerprint density at radius 2 is 1.85 bits per heavy atom. The molecule has 0 spiro atoms. The number of rotatable bonds is 5. The molecule has 0 saturated heterocycles. The van der Waals surface area contributed by atoms with Crippen LogP contribution < -0.4 is 0 Å². The Hall–Kier alpha value is 0.220. The van der Waals surface area contributed by atoms with Crippen molar-refractivity contribution in [2.45, 2.75) is 31.9 Å². The topological polar surface area (TPSA) is 20.2 Å². The van der Waals surface area contributed by atoms with Gasteiger partial charge in [-0.2, -0.15) is 13.2 Å². The number of halogens is 4. The van der Waals surface area contributed by atoms with Crippen molar-refractivity contribution in [2.75, 3.05) is 6.61 Å². The summed E-state index contributed by atoms with van der Waals surface area (Å²) < 4.78 is 35.6. The summed E-state index contributed by atoms with van der Waals surface area (Å²) in [5, 5.41) is 8.42. The Balaban J connectivity index is 3.62. The van der Waals surface area contributed by atoms with Crippen molar-refractivity contribution in [3.05, 3.63) is 9.66 Å². The van der Waals surface area contributed by atoms with Gasteiger partial charge in [0.25, 0.3) is 0 Å². The summed E-state index contributed by atoms with van der Waals surface area (Å²) >= 11 is 1.70. The minimum Gasteiger partial charge on any atom is -0.396 e. The SMILES string of the molecule is OCCCCCC(I)=CC(F)(F)F. The van der Waals surface area contributed by atoms with Crippen molar-refractivity contribution in [3.63, 3.8) is 0 Å². The number of unbranched alkanes of at least 4 members (excludes halogenated alkanes) is 2. The van der Waals surface area contributed by atoms with Crippen molar-refractivity contribution in [2.24, 2.45) is 0 Å². The van der Waals surface area contributed by atoms with E-state index in [1.807, 2.05) is 0 Å². The maximum Gasteiger partial charge on any atom is 0.410 e. The van der Waals surface area contributed by atoms with Gasteiger partial charge < -0.3 is 5.11 Å². The van der Waals surface area contributed by atoms with Gasteiger partial charge in [0.1, 0.15) is 0 Å². The molecule has 0 aromatic heterocycles. The van der Waals surface area contributed by atoms with E-state index < -0.39 is 6.18 Å². The lowest BCUT2D eigenvalue weighted by atomic mass is 10.2. The molecule has 0 fully saturated rings. The van der Waals surface area contributed by atoms with E-state index in [1.54, 1.807) is 22.6 Å². The summed E-state index contributed by atoms with van der Waals surface area (Å²) in [5.74, 6) is 0. The zero-order valence-electron chi connectivity index (χ0n) is 7.07. The molecule has 78 valence electrons. The second-order valence-corrected chi connectivity index (χ2v) is 4.05. The molecule has 0 aliphatic rings. The molecule has 1 N–H and O–H groups in total. The van der Waals surface area contributed by atoms with Crippen LogP contribution in [0.3, 0.4) is 0 Å². The second-order valence-electron chi connectivity index (χ2n) is 2.67.